The van der Waals surface area contributed by atoms with Gasteiger partial charge in [-0.1, -0.05) is 0 Å². The molecule has 0 atom stereocenters. The van der Waals surface area contributed by atoms with Crippen LogP contribution in [0.15, 0.2) is 15.8 Å². The first kappa shape index (κ1) is 12.0. The first-order valence-electron chi connectivity index (χ1n) is 4.86. The van der Waals surface area contributed by atoms with Crippen molar-refractivity contribution < 1.29 is 0 Å². The largest absolute Gasteiger partial charge is 0.393 e. The molecule has 0 aliphatic heterocycles. The van der Waals surface area contributed by atoms with Gasteiger partial charge in [-0.15, -0.1) is 0 Å². The zero-order chi connectivity index (χ0) is 12.3. The van der Waals surface area contributed by atoms with Crippen LogP contribution in [0.2, 0.25) is 0 Å². The van der Waals surface area contributed by atoms with Gasteiger partial charge in [0, 0.05) is 12.7 Å². The molecule has 6 nitrogen and oxygen atoms in total. The fourth-order valence-electron chi connectivity index (χ4n) is 1.15. The van der Waals surface area contributed by atoms with E-state index in [9.17, 15) is 9.59 Å². The lowest BCUT2D eigenvalue weighted by molar-refractivity contribution is 0.407. The molecule has 0 radical (unpaired) electrons. The first-order valence-corrected chi connectivity index (χ1v) is 4.86. The predicted octanol–water partition coefficient (Wildman–Crippen LogP) is 0.0587. The number of nitrogens with zero attached hydrogens (tertiary/aromatic N) is 2. The van der Waals surface area contributed by atoms with Crippen LogP contribution in [-0.4, -0.2) is 9.55 Å². The molecule has 0 saturated heterocycles. The van der Waals surface area contributed by atoms with Gasteiger partial charge in [0.1, 0.15) is 5.69 Å². The Morgan fingerprint density at radius 3 is 2.75 bits per heavy atom. The van der Waals surface area contributed by atoms with E-state index in [1.54, 1.807) is 13.8 Å². The van der Waals surface area contributed by atoms with Crippen LogP contribution >= 0.6 is 0 Å². The molecule has 0 aliphatic carbocycles. The molecular weight excluding hydrogens is 208 g/mol. The van der Waals surface area contributed by atoms with Gasteiger partial charge in [0.05, 0.1) is 11.5 Å². The van der Waals surface area contributed by atoms with Gasteiger partial charge in [-0.05, 0) is 20.3 Å². The summed E-state index contributed by atoms with van der Waals surface area (Å²) in [6.07, 6.45) is 1.81. The SMILES string of the molecule is CC(C)(C#N)CCn1cc(N)c(=O)[nH]c1=O. The van der Waals surface area contributed by atoms with Crippen molar-refractivity contribution in [2.45, 2.75) is 26.8 Å². The second-order valence-electron chi connectivity index (χ2n) is 4.28. The first-order chi connectivity index (χ1) is 7.35. The molecule has 0 saturated carbocycles. The lowest BCUT2D eigenvalue weighted by Crippen LogP contribution is -2.32. The summed E-state index contributed by atoms with van der Waals surface area (Å²) < 4.78 is 1.30. The Morgan fingerprint density at radius 1 is 1.56 bits per heavy atom. The number of aryl methyl sites for hydroxylation is 1. The van der Waals surface area contributed by atoms with E-state index in [4.69, 9.17) is 11.0 Å². The van der Waals surface area contributed by atoms with Crippen molar-refractivity contribution in [3.8, 4) is 6.07 Å². The highest BCUT2D eigenvalue weighted by Gasteiger charge is 2.16. The number of nitrogens with two attached hydrogens (primary N) is 1. The molecule has 0 aromatic carbocycles. The Labute approximate surface area is 92.3 Å². The summed E-state index contributed by atoms with van der Waals surface area (Å²) in [7, 11) is 0. The number of nitriles is 1. The van der Waals surface area contributed by atoms with Crippen LogP contribution in [0, 0.1) is 16.7 Å². The second-order valence-corrected chi connectivity index (χ2v) is 4.28. The van der Waals surface area contributed by atoms with Crippen LogP contribution in [0.25, 0.3) is 0 Å². The molecule has 0 unspecified atom stereocenters. The number of H-pyrrole nitrogens is 1. The molecule has 0 amide bonds. The average Bonchev–Trinajstić information content (AvgIpc) is 2.22. The van der Waals surface area contributed by atoms with E-state index >= 15 is 0 Å². The van der Waals surface area contributed by atoms with Crippen LogP contribution < -0.4 is 17.0 Å². The summed E-state index contributed by atoms with van der Waals surface area (Å²) >= 11 is 0. The fraction of sp³-hybridized carbons (Fsp3) is 0.500. The molecule has 0 spiro atoms. The minimum atomic E-state index is -0.583. The third-order valence-corrected chi connectivity index (χ3v) is 2.32. The highest BCUT2D eigenvalue weighted by molar-refractivity contribution is 5.30. The van der Waals surface area contributed by atoms with Gasteiger partial charge >= 0.3 is 5.69 Å². The Morgan fingerprint density at radius 2 is 2.19 bits per heavy atom. The summed E-state index contributed by atoms with van der Waals surface area (Å²) in [5.41, 5.74) is 3.79. The minimum Gasteiger partial charge on any atom is -0.393 e. The molecule has 1 aromatic heterocycles. The van der Waals surface area contributed by atoms with E-state index in [1.807, 2.05) is 0 Å². The number of hydrogen-bond donors (Lipinski definition) is 2. The monoisotopic (exact) mass is 222 g/mol. The lowest BCUT2D eigenvalue weighted by Gasteiger charge is -2.15. The van der Waals surface area contributed by atoms with Gasteiger partial charge in [0.15, 0.2) is 0 Å². The quantitative estimate of drug-likeness (QED) is 0.754. The Balaban J connectivity index is 2.93. The van der Waals surface area contributed by atoms with E-state index < -0.39 is 16.7 Å². The topological polar surface area (TPSA) is 105 Å². The Kier molecular flexibility index (Phi) is 3.18. The molecule has 0 fully saturated rings. The normalized spacial score (nSPS) is 11.1. The van der Waals surface area contributed by atoms with Crippen molar-refractivity contribution in [1.82, 2.24) is 9.55 Å². The van der Waals surface area contributed by atoms with E-state index in [0.717, 1.165) is 0 Å². The number of nitrogen functional groups attached to an aromatic ring is 1. The molecule has 1 heterocycles. The summed E-state index contributed by atoms with van der Waals surface area (Å²) in [6.45, 7) is 3.92. The molecule has 86 valence electrons. The van der Waals surface area contributed by atoms with Gasteiger partial charge in [0.25, 0.3) is 5.56 Å². The second kappa shape index (κ2) is 4.23. The predicted molar refractivity (Wildman–Crippen MR) is 59.7 cm³/mol. The molecule has 16 heavy (non-hydrogen) atoms. The lowest BCUT2D eigenvalue weighted by atomic mass is 9.91. The van der Waals surface area contributed by atoms with Crippen molar-refractivity contribution in [3.63, 3.8) is 0 Å². The van der Waals surface area contributed by atoms with Gasteiger partial charge in [-0.25, -0.2) is 4.79 Å². The average molecular weight is 222 g/mol. The standard InChI is InChI=1S/C10H14N4O2/c1-10(2,6-11)3-4-14-5-7(12)8(15)13-9(14)16/h5H,3-4,12H2,1-2H3,(H,13,15,16). The zero-order valence-electron chi connectivity index (χ0n) is 9.28. The number of hydrogen-bond acceptors (Lipinski definition) is 4. The van der Waals surface area contributed by atoms with Gasteiger partial charge in [0.2, 0.25) is 0 Å². The zero-order valence-corrected chi connectivity index (χ0v) is 9.28. The third-order valence-electron chi connectivity index (χ3n) is 2.32. The number of aromatic amines is 1. The number of nitrogens with one attached hydrogen (secondary N) is 1. The molecule has 6 heteroatoms. The molecule has 3 N–H and O–H groups in total. The van der Waals surface area contributed by atoms with Crippen LogP contribution in [0.1, 0.15) is 20.3 Å². The third kappa shape index (κ3) is 2.73. The molecule has 0 bridgehead atoms. The highest BCUT2D eigenvalue weighted by atomic mass is 16.2. The van der Waals surface area contributed by atoms with Crippen molar-refractivity contribution in [1.29, 1.82) is 5.26 Å². The molecule has 0 aliphatic rings. The summed E-state index contributed by atoms with van der Waals surface area (Å²) in [6, 6.07) is 2.14. The maximum atomic E-state index is 11.4. The summed E-state index contributed by atoms with van der Waals surface area (Å²) in [5.74, 6) is 0. The van der Waals surface area contributed by atoms with Crippen molar-refractivity contribution in [2.24, 2.45) is 5.41 Å². The van der Waals surface area contributed by atoms with Crippen LogP contribution in [0.4, 0.5) is 5.69 Å². The Bertz CT molecular complexity index is 533. The van der Waals surface area contributed by atoms with E-state index in [0.29, 0.717) is 13.0 Å². The van der Waals surface area contributed by atoms with E-state index in [1.165, 1.54) is 10.8 Å². The Hall–Kier alpha value is -2.03. The van der Waals surface area contributed by atoms with Crippen LogP contribution in [0.5, 0.6) is 0 Å². The molecule has 1 aromatic rings. The minimum absolute atomic E-state index is 0.00522. The van der Waals surface area contributed by atoms with Gasteiger partial charge in [-0.2, -0.15) is 5.26 Å². The van der Waals surface area contributed by atoms with Crippen molar-refractivity contribution in [2.75, 3.05) is 5.73 Å². The summed E-state index contributed by atoms with van der Waals surface area (Å²) in [5, 5.41) is 8.82. The van der Waals surface area contributed by atoms with E-state index in [-0.39, 0.29) is 5.69 Å². The fourth-order valence-corrected chi connectivity index (χ4v) is 1.15. The number of rotatable bonds is 3. The van der Waals surface area contributed by atoms with Gasteiger partial charge in [-0.3, -0.25) is 14.3 Å². The van der Waals surface area contributed by atoms with Crippen LogP contribution in [-0.2, 0) is 6.54 Å². The number of aromatic nitrogens is 2. The van der Waals surface area contributed by atoms with Gasteiger partial charge < -0.3 is 5.73 Å². The van der Waals surface area contributed by atoms with Crippen LogP contribution in [0.3, 0.4) is 0 Å². The van der Waals surface area contributed by atoms with Crippen molar-refractivity contribution in [3.05, 3.63) is 27.0 Å². The smallest absolute Gasteiger partial charge is 0.328 e. The highest BCUT2D eigenvalue weighted by Crippen LogP contribution is 2.18. The van der Waals surface area contributed by atoms with Crippen molar-refractivity contribution >= 4 is 5.69 Å². The maximum Gasteiger partial charge on any atom is 0.328 e. The number of anilines is 1. The summed E-state index contributed by atoms with van der Waals surface area (Å²) in [4.78, 5) is 24.5. The van der Waals surface area contributed by atoms with E-state index in [2.05, 4.69) is 11.1 Å². The molecular formula is C10H14N4O2. The molecule has 1 rings (SSSR count). The maximum absolute atomic E-state index is 11.4.